The zero-order valence-electron chi connectivity index (χ0n) is 12.9. The number of aryl methyl sites for hydroxylation is 1. The van der Waals surface area contributed by atoms with Gasteiger partial charge in [0.2, 0.25) is 0 Å². The Labute approximate surface area is 133 Å². The van der Waals surface area contributed by atoms with Crippen molar-refractivity contribution in [2.75, 3.05) is 6.54 Å². The first kappa shape index (κ1) is 16.4. The molecular formula is C17H16FN3O2. The van der Waals surface area contributed by atoms with E-state index in [1.807, 2.05) is 6.07 Å². The fraction of sp³-hybridized carbons (Fsp3) is 0.235. The van der Waals surface area contributed by atoms with E-state index in [1.165, 1.54) is 23.1 Å². The summed E-state index contributed by atoms with van der Waals surface area (Å²) in [7, 11) is 0. The van der Waals surface area contributed by atoms with Crippen molar-refractivity contribution in [1.29, 1.82) is 5.26 Å². The summed E-state index contributed by atoms with van der Waals surface area (Å²) < 4.78 is 14.0. The maximum Gasteiger partial charge on any atom is 0.260 e. The van der Waals surface area contributed by atoms with Gasteiger partial charge in [0.1, 0.15) is 11.4 Å². The molecule has 1 aromatic carbocycles. The Hall–Kier alpha value is -2.94. The molecule has 2 rings (SSSR count). The lowest BCUT2D eigenvalue weighted by atomic mass is 10.1. The van der Waals surface area contributed by atoms with Gasteiger partial charge in [0, 0.05) is 24.3 Å². The second kappa shape index (κ2) is 6.88. The Morgan fingerprint density at radius 1 is 1.35 bits per heavy atom. The minimum Gasteiger partial charge on any atom is -0.334 e. The molecule has 0 fully saturated rings. The second-order valence-corrected chi connectivity index (χ2v) is 5.12. The first-order chi connectivity index (χ1) is 11.0. The van der Waals surface area contributed by atoms with Crippen molar-refractivity contribution in [3.05, 3.63) is 68.9 Å². The molecule has 0 aliphatic carbocycles. The lowest BCUT2D eigenvalue weighted by molar-refractivity contribution is 0.0749. The third kappa shape index (κ3) is 3.64. The number of halogens is 1. The molecule has 0 spiro atoms. The molecule has 2 aromatic rings. The zero-order valence-corrected chi connectivity index (χ0v) is 12.9. The molecule has 0 aliphatic rings. The van der Waals surface area contributed by atoms with Gasteiger partial charge < -0.3 is 9.88 Å². The van der Waals surface area contributed by atoms with E-state index in [-0.39, 0.29) is 17.7 Å². The highest BCUT2D eigenvalue weighted by Crippen LogP contribution is 2.14. The van der Waals surface area contributed by atoms with Crippen LogP contribution in [0.3, 0.4) is 0 Å². The van der Waals surface area contributed by atoms with Crippen LogP contribution in [0.25, 0.3) is 0 Å². The molecule has 1 amide bonds. The number of nitrogens with zero attached hydrogens (tertiary/aromatic N) is 2. The average molecular weight is 313 g/mol. The van der Waals surface area contributed by atoms with Crippen molar-refractivity contribution < 1.29 is 9.18 Å². The Morgan fingerprint density at radius 3 is 2.65 bits per heavy atom. The molecule has 6 heteroatoms. The summed E-state index contributed by atoms with van der Waals surface area (Å²) in [6.45, 7) is 3.83. The molecule has 1 N–H and O–H groups in total. The highest BCUT2D eigenvalue weighted by molar-refractivity contribution is 5.93. The average Bonchev–Trinajstić information content (AvgIpc) is 2.53. The van der Waals surface area contributed by atoms with Crippen molar-refractivity contribution in [3.63, 3.8) is 0 Å². The standard InChI is InChI=1S/C17H16FN3O2/c1-3-21(10-13-6-5-12(9-19)8-15(13)18)17(23)14-7-4-11(2)20-16(14)22/h4-8H,3,10H2,1-2H3,(H,20,22). The largest absolute Gasteiger partial charge is 0.334 e. The maximum absolute atomic E-state index is 14.0. The highest BCUT2D eigenvalue weighted by atomic mass is 19.1. The van der Waals surface area contributed by atoms with Gasteiger partial charge in [-0.25, -0.2) is 4.39 Å². The summed E-state index contributed by atoms with van der Waals surface area (Å²) >= 11 is 0. The first-order valence-corrected chi connectivity index (χ1v) is 7.14. The zero-order chi connectivity index (χ0) is 17.0. The van der Waals surface area contributed by atoms with E-state index >= 15 is 0 Å². The van der Waals surface area contributed by atoms with Gasteiger partial charge in [-0.15, -0.1) is 0 Å². The Morgan fingerprint density at radius 2 is 2.09 bits per heavy atom. The topological polar surface area (TPSA) is 77.0 Å². The van der Waals surface area contributed by atoms with Gasteiger partial charge in [0.15, 0.2) is 0 Å². The Bertz CT molecular complexity index is 836. The van der Waals surface area contributed by atoms with Gasteiger partial charge in [-0.1, -0.05) is 6.07 Å². The van der Waals surface area contributed by atoms with Crippen LogP contribution in [0.5, 0.6) is 0 Å². The quantitative estimate of drug-likeness (QED) is 0.941. The van der Waals surface area contributed by atoms with Crippen LogP contribution in [-0.2, 0) is 6.54 Å². The van der Waals surface area contributed by atoms with Crippen molar-refractivity contribution in [3.8, 4) is 6.07 Å². The van der Waals surface area contributed by atoms with Gasteiger partial charge in [-0.3, -0.25) is 9.59 Å². The minimum absolute atomic E-state index is 0.0199. The number of carbonyl (C=O) groups excluding carboxylic acids is 1. The molecular weight excluding hydrogens is 297 g/mol. The SMILES string of the molecule is CCN(Cc1ccc(C#N)cc1F)C(=O)c1ccc(C)[nH]c1=O. The number of hydrogen-bond donors (Lipinski definition) is 1. The van der Waals surface area contributed by atoms with Crippen LogP contribution in [0.4, 0.5) is 4.39 Å². The molecule has 23 heavy (non-hydrogen) atoms. The summed E-state index contributed by atoms with van der Waals surface area (Å²) in [5, 5.41) is 8.75. The smallest absolute Gasteiger partial charge is 0.260 e. The minimum atomic E-state index is -0.548. The molecule has 1 aromatic heterocycles. The molecule has 5 nitrogen and oxygen atoms in total. The third-order valence-electron chi connectivity index (χ3n) is 3.50. The molecule has 0 atom stereocenters. The number of rotatable bonds is 4. The van der Waals surface area contributed by atoms with Crippen LogP contribution in [0.2, 0.25) is 0 Å². The fourth-order valence-electron chi connectivity index (χ4n) is 2.19. The van der Waals surface area contributed by atoms with E-state index in [2.05, 4.69) is 4.98 Å². The number of nitrogens with one attached hydrogen (secondary N) is 1. The number of H-pyrrole nitrogens is 1. The van der Waals surface area contributed by atoms with Crippen molar-refractivity contribution in [1.82, 2.24) is 9.88 Å². The summed E-state index contributed by atoms with van der Waals surface area (Å²) in [5.41, 5.74) is 0.728. The van der Waals surface area contributed by atoms with E-state index < -0.39 is 17.3 Å². The number of hydrogen-bond acceptors (Lipinski definition) is 3. The molecule has 1 heterocycles. The molecule has 0 unspecified atom stereocenters. The van der Waals surface area contributed by atoms with Gasteiger partial charge in [-0.2, -0.15) is 5.26 Å². The number of pyridine rings is 1. The van der Waals surface area contributed by atoms with Gasteiger partial charge in [-0.05, 0) is 38.1 Å². The summed E-state index contributed by atoms with van der Waals surface area (Å²) in [4.78, 5) is 28.3. The predicted octanol–water partition coefficient (Wildman–Crippen LogP) is 2.36. The molecule has 0 saturated carbocycles. The second-order valence-electron chi connectivity index (χ2n) is 5.12. The predicted molar refractivity (Wildman–Crippen MR) is 83.3 cm³/mol. The lowest BCUT2D eigenvalue weighted by Crippen LogP contribution is -2.34. The summed E-state index contributed by atoms with van der Waals surface area (Å²) in [6, 6.07) is 9.07. The summed E-state index contributed by atoms with van der Waals surface area (Å²) in [5.74, 6) is -1.01. The van der Waals surface area contributed by atoms with E-state index in [0.29, 0.717) is 17.8 Å². The number of carbonyl (C=O) groups is 1. The lowest BCUT2D eigenvalue weighted by Gasteiger charge is -2.21. The molecule has 0 aliphatic heterocycles. The van der Waals surface area contributed by atoms with E-state index in [4.69, 9.17) is 5.26 Å². The van der Waals surface area contributed by atoms with Crippen LogP contribution in [0.1, 0.15) is 34.1 Å². The van der Waals surface area contributed by atoms with Gasteiger partial charge in [0.25, 0.3) is 11.5 Å². The number of aromatic amines is 1. The van der Waals surface area contributed by atoms with Crippen molar-refractivity contribution >= 4 is 5.91 Å². The van der Waals surface area contributed by atoms with E-state index in [1.54, 1.807) is 19.9 Å². The molecule has 0 saturated heterocycles. The summed E-state index contributed by atoms with van der Waals surface area (Å²) in [6.07, 6.45) is 0. The number of benzene rings is 1. The van der Waals surface area contributed by atoms with Crippen LogP contribution < -0.4 is 5.56 Å². The van der Waals surface area contributed by atoms with Gasteiger partial charge >= 0.3 is 0 Å². The Kier molecular flexibility index (Phi) is 4.91. The number of aromatic nitrogens is 1. The number of nitriles is 1. The fourth-order valence-corrected chi connectivity index (χ4v) is 2.19. The van der Waals surface area contributed by atoms with Gasteiger partial charge in [0.05, 0.1) is 11.6 Å². The third-order valence-corrected chi connectivity index (χ3v) is 3.50. The van der Waals surface area contributed by atoms with Crippen LogP contribution >= 0.6 is 0 Å². The first-order valence-electron chi connectivity index (χ1n) is 7.14. The highest BCUT2D eigenvalue weighted by Gasteiger charge is 2.19. The Balaban J connectivity index is 2.28. The van der Waals surface area contributed by atoms with Crippen LogP contribution in [-0.4, -0.2) is 22.3 Å². The monoisotopic (exact) mass is 313 g/mol. The van der Waals surface area contributed by atoms with Crippen LogP contribution in [0, 0.1) is 24.1 Å². The van der Waals surface area contributed by atoms with Crippen molar-refractivity contribution in [2.45, 2.75) is 20.4 Å². The van der Waals surface area contributed by atoms with E-state index in [9.17, 15) is 14.0 Å². The number of amides is 1. The van der Waals surface area contributed by atoms with Crippen molar-refractivity contribution in [2.24, 2.45) is 0 Å². The normalized spacial score (nSPS) is 10.2. The molecule has 0 radical (unpaired) electrons. The maximum atomic E-state index is 14.0. The molecule has 118 valence electrons. The van der Waals surface area contributed by atoms with E-state index in [0.717, 1.165) is 6.07 Å². The van der Waals surface area contributed by atoms with Crippen LogP contribution in [0.15, 0.2) is 35.1 Å². The molecule has 0 bridgehead atoms.